The summed E-state index contributed by atoms with van der Waals surface area (Å²) in [5, 5.41) is 3.25. The fourth-order valence-corrected chi connectivity index (χ4v) is 1.80. The average molecular weight is 291 g/mol. The first-order chi connectivity index (χ1) is 9.67. The molecular formula is C15H15ClN2O2. The molecule has 1 heterocycles. The maximum atomic E-state index is 11.9. The van der Waals surface area contributed by atoms with Crippen LogP contribution in [0, 0.1) is 0 Å². The molecule has 1 aromatic carbocycles. The number of nitrogens with one attached hydrogen (secondary N) is 1. The Kier molecular flexibility index (Phi) is 4.96. The molecule has 0 atom stereocenters. The number of halogens is 1. The van der Waals surface area contributed by atoms with Crippen LogP contribution in [0.2, 0.25) is 5.02 Å². The Morgan fingerprint density at radius 2 is 2.00 bits per heavy atom. The number of nitrogens with zero attached hydrogens (tertiary/aromatic N) is 1. The Bertz CT molecular complexity index is 567. The van der Waals surface area contributed by atoms with E-state index in [1.165, 1.54) is 6.20 Å². The number of rotatable bonds is 5. The van der Waals surface area contributed by atoms with Crippen LogP contribution in [-0.2, 0) is 11.2 Å². The largest absolute Gasteiger partial charge is 0.494 e. The van der Waals surface area contributed by atoms with E-state index in [2.05, 4.69) is 10.3 Å². The third-order valence-electron chi connectivity index (χ3n) is 2.59. The molecular weight excluding hydrogens is 276 g/mol. The van der Waals surface area contributed by atoms with E-state index in [0.29, 0.717) is 17.4 Å². The molecule has 104 valence electrons. The molecule has 0 aliphatic rings. The monoisotopic (exact) mass is 290 g/mol. The van der Waals surface area contributed by atoms with Gasteiger partial charge in [-0.05, 0) is 36.8 Å². The number of amides is 1. The summed E-state index contributed by atoms with van der Waals surface area (Å²) in [5.41, 5.74) is 0.917. The van der Waals surface area contributed by atoms with Gasteiger partial charge in [0.1, 0.15) is 11.6 Å². The molecule has 0 aliphatic heterocycles. The van der Waals surface area contributed by atoms with Crippen LogP contribution in [0.4, 0.5) is 5.82 Å². The molecule has 2 rings (SSSR count). The maximum Gasteiger partial charge on any atom is 0.229 e. The molecule has 5 heteroatoms. The lowest BCUT2D eigenvalue weighted by atomic mass is 10.1. The van der Waals surface area contributed by atoms with Crippen molar-refractivity contribution < 1.29 is 9.53 Å². The molecule has 0 aliphatic carbocycles. The molecule has 1 aromatic heterocycles. The fourth-order valence-electron chi connectivity index (χ4n) is 1.69. The van der Waals surface area contributed by atoms with Crippen molar-refractivity contribution in [1.82, 2.24) is 4.98 Å². The molecule has 0 saturated heterocycles. The van der Waals surface area contributed by atoms with E-state index in [0.717, 1.165) is 11.3 Å². The molecule has 20 heavy (non-hydrogen) atoms. The highest BCUT2D eigenvalue weighted by molar-refractivity contribution is 6.30. The third-order valence-corrected chi connectivity index (χ3v) is 2.82. The van der Waals surface area contributed by atoms with Crippen molar-refractivity contribution in [1.29, 1.82) is 0 Å². The summed E-state index contributed by atoms with van der Waals surface area (Å²) in [6, 6.07) is 10.8. The minimum atomic E-state index is -0.121. The smallest absolute Gasteiger partial charge is 0.229 e. The van der Waals surface area contributed by atoms with Gasteiger partial charge in [0, 0.05) is 6.20 Å². The third kappa shape index (κ3) is 4.24. The van der Waals surface area contributed by atoms with Crippen LogP contribution in [0.15, 0.2) is 42.6 Å². The lowest BCUT2D eigenvalue weighted by Gasteiger charge is -2.06. The summed E-state index contributed by atoms with van der Waals surface area (Å²) in [7, 11) is 0. The van der Waals surface area contributed by atoms with E-state index in [1.807, 2.05) is 31.2 Å². The molecule has 4 nitrogen and oxygen atoms in total. The first kappa shape index (κ1) is 14.3. The Hall–Kier alpha value is -2.07. The summed E-state index contributed by atoms with van der Waals surface area (Å²) in [4.78, 5) is 15.9. The number of carbonyl (C=O) groups is 1. The van der Waals surface area contributed by atoms with Crippen molar-refractivity contribution in [2.45, 2.75) is 13.3 Å². The summed E-state index contributed by atoms with van der Waals surface area (Å²) < 4.78 is 5.35. The van der Waals surface area contributed by atoms with Crippen molar-refractivity contribution >= 4 is 23.3 Å². The number of anilines is 1. The van der Waals surface area contributed by atoms with Crippen LogP contribution in [0.25, 0.3) is 0 Å². The Morgan fingerprint density at radius 1 is 1.25 bits per heavy atom. The van der Waals surface area contributed by atoms with Crippen molar-refractivity contribution in [2.24, 2.45) is 0 Å². The number of aromatic nitrogens is 1. The van der Waals surface area contributed by atoms with E-state index < -0.39 is 0 Å². The van der Waals surface area contributed by atoms with Gasteiger partial charge in [0.05, 0.1) is 18.1 Å². The number of benzene rings is 1. The topological polar surface area (TPSA) is 51.2 Å². The van der Waals surface area contributed by atoms with Gasteiger partial charge in [-0.25, -0.2) is 4.98 Å². The van der Waals surface area contributed by atoms with Crippen LogP contribution in [0.3, 0.4) is 0 Å². The van der Waals surface area contributed by atoms with Crippen molar-refractivity contribution in [3.05, 3.63) is 53.2 Å². The zero-order valence-corrected chi connectivity index (χ0v) is 11.9. The lowest BCUT2D eigenvalue weighted by molar-refractivity contribution is -0.115. The highest BCUT2D eigenvalue weighted by atomic mass is 35.5. The minimum Gasteiger partial charge on any atom is -0.494 e. The second-order valence-corrected chi connectivity index (χ2v) is 4.60. The second kappa shape index (κ2) is 6.91. The first-order valence-corrected chi connectivity index (χ1v) is 6.68. The normalized spacial score (nSPS) is 10.1. The first-order valence-electron chi connectivity index (χ1n) is 6.30. The van der Waals surface area contributed by atoms with Gasteiger partial charge in [-0.2, -0.15) is 0 Å². The van der Waals surface area contributed by atoms with Crippen LogP contribution in [0.5, 0.6) is 5.75 Å². The standard InChI is InChI=1S/C15H15ClN2O2/c1-2-20-13-6-3-11(4-7-13)9-15(19)18-14-8-5-12(16)10-17-14/h3-8,10H,2,9H2,1H3,(H,17,18,19). The number of hydrogen-bond donors (Lipinski definition) is 1. The quantitative estimate of drug-likeness (QED) is 0.919. The lowest BCUT2D eigenvalue weighted by Crippen LogP contribution is -2.15. The van der Waals surface area contributed by atoms with Gasteiger partial charge < -0.3 is 10.1 Å². The summed E-state index contributed by atoms with van der Waals surface area (Å²) in [5.74, 6) is 1.17. The van der Waals surface area contributed by atoms with Gasteiger partial charge in [-0.3, -0.25) is 4.79 Å². The highest BCUT2D eigenvalue weighted by Crippen LogP contribution is 2.13. The number of ether oxygens (including phenoxy) is 1. The minimum absolute atomic E-state index is 0.121. The van der Waals surface area contributed by atoms with E-state index >= 15 is 0 Å². The molecule has 0 unspecified atom stereocenters. The Labute approximate surface area is 122 Å². The maximum absolute atomic E-state index is 11.9. The van der Waals surface area contributed by atoms with Crippen LogP contribution in [0.1, 0.15) is 12.5 Å². The zero-order chi connectivity index (χ0) is 14.4. The molecule has 1 N–H and O–H groups in total. The predicted octanol–water partition coefficient (Wildman–Crippen LogP) is 3.31. The van der Waals surface area contributed by atoms with E-state index in [1.54, 1.807) is 12.1 Å². The van der Waals surface area contributed by atoms with Gasteiger partial charge in [0.2, 0.25) is 5.91 Å². The van der Waals surface area contributed by atoms with E-state index in [9.17, 15) is 4.79 Å². The summed E-state index contributed by atoms with van der Waals surface area (Å²) in [6.45, 7) is 2.56. The van der Waals surface area contributed by atoms with Gasteiger partial charge in [-0.15, -0.1) is 0 Å². The number of hydrogen-bond acceptors (Lipinski definition) is 3. The zero-order valence-electron chi connectivity index (χ0n) is 11.1. The molecule has 0 fully saturated rings. The molecule has 0 radical (unpaired) electrons. The molecule has 0 bridgehead atoms. The highest BCUT2D eigenvalue weighted by Gasteiger charge is 2.05. The molecule has 1 amide bonds. The van der Waals surface area contributed by atoms with Crippen molar-refractivity contribution in [2.75, 3.05) is 11.9 Å². The molecule has 0 saturated carbocycles. The number of carbonyl (C=O) groups excluding carboxylic acids is 1. The van der Waals surface area contributed by atoms with E-state index in [4.69, 9.17) is 16.3 Å². The SMILES string of the molecule is CCOc1ccc(CC(=O)Nc2ccc(Cl)cn2)cc1. The van der Waals surface area contributed by atoms with Crippen LogP contribution >= 0.6 is 11.6 Å². The van der Waals surface area contributed by atoms with Gasteiger partial charge in [0.15, 0.2) is 0 Å². The second-order valence-electron chi connectivity index (χ2n) is 4.16. The molecule has 0 spiro atoms. The summed E-state index contributed by atoms with van der Waals surface area (Å²) >= 11 is 5.73. The van der Waals surface area contributed by atoms with Crippen LogP contribution in [-0.4, -0.2) is 17.5 Å². The number of pyridine rings is 1. The van der Waals surface area contributed by atoms with Gasteiger partial charge in [0.25, 0.3) is 0 Å². The Morgan fingerprint density at radius 3 is 2.60 bits per heavy atom. The van der Waals surface area contributed by atoms with E-state index in [-0.39, 0.29) is 12.3 Å². The fraction of sp³-hybridized carbons (Fsp3) is 0.200. The van der Waals surface area contributed by atoms with Gasteiger partial charge >= 0.3 is 0 Å². The van der Waals surface area contributed by atoms with Crippen LogP contribution < -0.4 is 10.1 Å². The predicted molar refractivity (Wildman–Crippen MR) is 79.2 cm³/mol. The average Bonchev–Trinajstić information content (AvgIpc) is 2.44. The van der Waals surface area contributed by atoms with Crippen molar-refractivity contribution in [3.63, 3.8) is 0 Å². The van der Waals surface area contributed by atoms with Gasteiger partial charge in [-0.1, -0.05) is 23.7 Å². The Balaban J connectivity index is 1.92. The molecule has 2 aromatic rings. The van der Waals surface area contributed by atoms with Crippen molar-refractivity contribution in [3.8, 4) is 5.75 Å². The summed E-state index contributed by atoms with van der Waals surface area (Å²) in [6.07, 6.45) is 1.78.